The first-order chi connectivity index (χ1) is 12.4. The number of hydrogen-bond donors (Lipinski definition) is 3. The van der Waals surface area contributed by atoms with Crippen molar-refractivity contribution in [2.45, 2.75) is 19.9 Å². The van der Waals surface area contributed by atoms with Gasteiger partial charge in [-0.05, 0) is 18.1 Å². The first-order valence-electron chi connectivity index (χ1n) is 7.94. The number of aldehydes is 1. The number of carbonyl (C=O) groups is 2. The SMILES string of the molecule is COc1cccc(Nc2nc(N(N)C(C=O)C(C)C)ncc2C(N)=O)c1. The smallest absolute Gasteiger partial charge is 0.254 e. The molecule has 1 amide bonds. The summed E-state index contributed by atoms with van der Waals surface area (Å²) in [6.07, 6.45) is 2.00. The quantitative estimate of drug-likeness (QED) is 0.364. The van der Waals surface area contributed by atoms with Gasteiger partial charge in [0.1, 0.15) is 29.5 Å². The number of carbonyl (C=O) groups excluding carboxylic acids is 2. The fraction of sp³-hybridized carbons (Fsp3) is 0.294. The Hall–Kier alpha value is -3.20. The first kappa shape index (κ1) is 19.1. The second kappa shape index (κ2) is 8.26. The van der Waals surface area contributed by atoms with E-state index in [2.05, 4.69) is 15.3 Å². The number of rotatable bonds is 8. The van der Waals surface area contributed by atoms with E-state index in [9.17, 15) is 9.59 Å². The Bertz CT molecular complexity index is 796. The third-order valence-electron chi connectivity index (χ3n) is 3.75. The zero-order valence-electron chi connectivity index (χ0n) is 14.8. The zero-order chi connectivity index (χ0) is 19.3. The van der Waals surface area contributed by atoms with Crippen LogP contribution in [-0.2, 0) is 4.79 Å². The predicted molar refractivity (Wildman–Crippen MR) is 98.2 cm³/mol. The molecule has 1 atom stereocenters. The highest BCUT2D eigenvalue weighted by Gasteiger charge is 2.23. The van der Waals surface area contributed by atoms with E-state index in [4.69, 9.17) is 16.3 Å². The Kier molecular flexibility index (Phi) is 6.07. The van der Waals surface area contributed by atoms with Gasteiger partial charge in [0.2, 0.25) is 5.95 Å². The Morgan fingerprint density at radius 1 is 1.38 bits per heavy atom. The molecule has 5 N–H and O–H groups in total. The van der Waals surface area contributed by atoms with Gasteiger partial charge in [0.05, 0.1) is 7.11 Å². The van der Waals surface area contributed by atoms with Crippen molar-refractivity contribution in [3.63, 3.8) is 0 Å². The molecule has 2 rings (SSSR count). The molecular formula is C17H22N6O3. The van der Waals surface area contributed by atoms with Gasteiger partial charge in [0, 0.05) is 18.0 Å². The maximum Gasteiger partial charge on any atom is 0.254 e. The molecule has 1 aromatic heterocycles. The maximum atomic E-state index is 11.7. The lowest BCUT2D eigenvalue weighted by Gasteiger charge is -2.26. The molecule has 0 aliphatic heterocycles. The molecule has 26 heavy (non-hydrogen) atoms. The summed E-state index contributed by atoms with van der Waals surface area (Å²) in [4.78, 5) is 31.3. The van der Waals surface area contributed by atoms with Gasteiger partial charge in [-0.3, -0.25) is 9.80 Å². The van der Waals surface area contributed by atoms with Crippen LogP contribution in [0.4, 0.5) is 17.5 Å². The van der Waals surface area contributed by atoms with Crippen molar-refractivity contribution in [1.82, 2.24) is 9.97 Å². The van der Waals surface area contributed by atoms with Crippen LogP contribution >= 0.6 is 0 Å². The molecule has 0 fully saturated rings. The summed E-state index contributed by atoms with van der Waals surface area (Å²) < 4.78 is 5.17. The number of primary amides is 1. The topological polar surface area (TPSA) is 136 Å². The van der Waals surface area contributed by atoms with Crippen LogP contribution in [0, 0.1) is 5.92 Å². The molecule has 9 nitrogen and oxygen atoms in total. The number of aromatic nitrogens is 2. The number of ether oxygens (including phenoxy) is 1. The van der Waals surface area contributed by atoms with Gasteiger partial charge in [-0.2, -0.15) is 4.98 Å². The zero-order valence-corrected chi connectivity index (χ0v) is 14.8. The van der Waals surface area contributed by atoms with E-state index >= 15 is 0 Å². The second-order valence-electron chi connectivity index (χ2n) is 5.93. The highest BCUT2D eigenvalue weighted by Crippen LogP contribution is 2.24. The Labute approximate surface area is 151 Å². The summed E-state index contributed by atoms with van der Waals surface area (Å²) in [5.74, 6) is 6.16. The van der Waals surface area contributed by atoms with Crippen molar-refractivity contribution < 1.29 is 14.3 Å². The normalized spacial score (nSPS) is 11.7. The van der Waals surface area contributed by atoms with E-state index in [0.717, 1.165) is 6.29 Å². The summed E-state index contributed by atoms with van der Waals surface area (Å²) in [5.41, 5.74) is 6.13. The van der Waals surface area contributed by atoms with Crippen molar-refractivity contribution in [3.05, 3.63) is 36.0 Å². The number of anilines is 3. The summed E-state index contributed by atoms with van der Waals surface area (Å²) in [5, 5.41) is 4.17. The van der Waals surface area contributed by atoms with Gasteiger partial charge in [-0.15, -0.1) is 0 Å². The molecule has 0 saturated heterocycles. The van der Waals surface area contributed by atoms with E-state index in [1.165, 1.54) is 11.2 Å². The number of hydrazine groups is 1. The molecule has 0 radical (unpaired) electrons. The minimum Gasteiger partial charge on any atom is -0.497 e. The van der Waals surface area contributed by atoms with Gasteiger partial charge in [-0.1, -0.05) is 19.9 Å². The Morgan fingerprint density at radius 3 is 2.69 bits per heavy atom. The van der Waals surface area contributed by atoms with Crippen molar-refractivity contribution in [3.8, 4) is 5.75 Å². The molecular weight excluding hydrogens is 336 g/mol. The number of nitrogens with one attached hydrogen (secondary N) is 1. The van der Waals surface area contributed by atoms with Gasteiger partial charge >= 0.3 is 0 Å². The minimum atomic E-state index is -0.693. The molecule has 0 aliphatic carbocycles. The number of nitrogens with zero attached hydrogens (tertiary/aromatic N) is 3. The van der Waals surface area contributed by atoms with E-state index in [-0.39, 0.29) is 23.2 Å². The molecule has 1 aromatic carbocycles. The lowest BCUT2D eigenvalue weighted by molar-refractivity contribution is -0.109. The van der Waals surface area contributed by atoms with Gasteiger partial charge in [0.25, 0.3) is 5.91 Å². The maximum absolute atomic E-state index is 11.7. The standard InChI is InChI=1S/C17H22N6O3/c1-10(2)14(9-24)23(19)17-20-8-13(15(18)25)16(22-17)21-11-5-4-6-12(7-11)26-3/h4-10,14H,19H2,1-3H3,(H2,18,25)(H,20,21,22). The van der Waals surface area contributed by atoms with Crippen LogP contribution in [0.2, 0.25) is 0 Å². The summed E-state index contributed by atoms with van der Waals surface area (Å²) >= 11 is 0. The van der Waals surface area contributed by atoms with Crippen LogP contribution in [0.25, 0.3) is 0 Å². The van der Waals surface area contributed by atoms with E-state index in [1.807, 2.05) is 13.8 Å². The van der Waals surface area contributed by atoms with Gasteiger partial charge < -0.3 is 20.6 Å². The molecule has 0 saturated carbocycles. The van der Waals surface area contributed by atoms with Crippen molar-refractivity contribution >= 4 is 29.6 Å². The van der Waals surface area contributed by atoms with E-state index in [0.29, 0.717) is 11.4 Å². The largest absolute Gasteiger partial charge is 0.497 e. The lowest BCUT2D eigenvalue weighted by Crippen LogP contribution is -2.46. The molecule has 9 heteroatoms. The number of hydrogen-bond acceptors (Lipinski definition) is 8. The Morgan fingerprint density at radius 2 is 2.12 bits per heavy atom. The van der Waals surface area contributed by atoms with Gasteiger partial charge in [-0.25, -0.2) is 10.8 Å². The third kappa shape index (κ3) is 4.25. The summed E-state index contributed by atoms with van der Waals surface area (Å²) in [6.45, 7) is 3.71. The second-order valence-corrected chi connectivity index (χ2v) is 5.93. The minimum absolute atomic E-state index is 0.0493. The van der Waals surface area contributed by atoms with Crippen LogP contribution in [0.5, 0.6) is 5.75 Å². The van der Waals surface area contributed by atoms with Gasteiger partial charge in [0.15, 0.2) is 0 Å². The summed E-state index contributed by atoms with van der Waals surface area (Å²) in [7, 11) is 1.55. The number of methoxy groups -OCH3 is 1. The average molecular weight is 358 g/mol. The van der Waals surface area contributed by atoms with Crippen LogP contribution in [0.15, 0.2) is 30.5 Å². The molecule has 138 valence electrons. The fourth-order valence-electron chi connectivity index (χ4n) is 2.29. The van der Waals surface area contributed by atoms with Crippen LogP contribution < -0.4 is 26.6 Å². The molecule has 0 bridgehead atoms. The van der Waals surface area contributed by atoms with Crippen LogP contribution in [0.3, 0.4) is 0 Å². The van der Waals surface area contributed by atoms with E-state index in [1.54, 1.807) is 31.4 Å². The highest BCUT2D eigenvalue weighted by molar-refractivity contribution is 5.98. The fourth-order valence-corrected chi connectivity index (χ4v) is 2.29. The molecule has 1 unspecified atom stereocenters. The van der Waals surface area contributed by atoms with E-state index < -0.39 is 11.9 Å². The number of nitrogens with two attached hydrogens (primary N) is 2. The predicted octanol–water partition coefficient (Wildman–Crippen LogP) is 1.23. The van der Waals surface area contributed by atoms with Crippen molar-refractivity contribution in [1.29, 1.82) is 0 Å². The first-order valence-corrected chi connectivity index (χ1v) is 7.94. The molecule has 1 heterocycles. The van der Waals surface area contributed by atoms with Crippen LogP contribution in [-0.4, -0.2) is 35.3 Å². The lowest BCUT2D eigenvalue weighted by atomic mass is 10.1. The third-order valence-corrected chi connectivity index (χ3v) is 3.75. The molecule has 0 aliphatic rings. The monoisotopic (exact) mass is 358 g/mol. The average Bonchev–Trinajstić information content (AvgIpc) is 2.61. The highest BCUT2D eigenvalue weighted by atomic mass is 16.5. The number of amides is 1. The van der Waals surface area contributed by atoms with Crippen molar-refractivity contribution in [2.75, 3.05) is 17.4 Å². The Balaban J connectivity index is 2.42. The molecule has 2 aromatic rings. The van der Waals surface area contributed by atoms with Crippen LogP contribution in [0.1, 0.15) is 24.2 Å². The molecule has 0 spiro atoms. The summed E-state index contributed by atoms with van der Waals surface area (Å²) in [6, 6.07) is 6.46. The van der Waals surface area contributed by atoms with Crippen molar-refractivity contribution in [2.24, 2.45) is 17.5 Å². The number of benzene rings is 1.